The zero-order chi connectivity index (χ0) is 15.4. The molecule has 0 unspecified atom stereocenters. The van der Waals surface area contributed by atoms with Crippen molar-refractivity contribution in [1.82, 2.24) is 9.80 Å². The lowest BCUT2D eigenvalue weighted by Crippen LogP contribution is -2.41. The zero-order valence-electron chi connectivity index (χ0n) is 13.1. The summed E-state index contributed by atoms with van der Waals surface area (Å²) in [6.45, 7) is 3.06. The highest BCUT2D eigenvalue weighted by Crippen LogP contribution is 2.28. The largest absolute Gasteiger partial charge is 0.342 e. The van der Waals surface area contributed by atoms with Crippen molar-refractivity contribution in [3.05, 3.63) is 35.6 Å². The van der Waals surface area contributed by atoms with Gasteiger partial charge in [0.15, 0.2) is 0 Å². The Hall–Kier alpha value is -1.42. The lowest BCUT2D eigenvalue weighted by molar-refractivity contribution is -0.132. The first-order valence-corrected chi connectivity index (χ1v) is 8.48. The number of likely N-dealkylation sites (tertiary alicyclic amines) is 1. The van der Waals surface area contributed by atoms with Gasteiger partial charge in [0, 0.05) is 25.7 Å². The fourth-order valence-corrected chi connectivity index (χ4v) is 3.17. The highest BCUT2D eigenvalue weighted by Gasteiger charge is 2.31. The molecule has 1 aliphatic heterocycles. The van der Waals surface area contributed by atoms with E-state index in [1.165, 1.54) is 37.8 Å². The van der Waals surface area contributed by atoms with Crippen molar-refractivity contribution in [2.75, 3.05) is 19.6 Å². The van der Waals surface area contributed by atoms with Gasteiger partial charge >= 0.3 is 0 Å². The van der Waals surface area contributed by atoms with E-state index in [0.29, 0.717) is 12.6 Å². The molecular formula is C18H25FN2O. The zero-order valence-corrected chi connectivity index (χ0v) is 13.1. The fraction of sp³-hybridized carbons (Fsp3) is 0.611. The minimum atomic E-state index is -0.206. The summed E-state index contributed by atoms with van der Waals surface area (Å²) in [4.78, 5) is 16.9. The second-order valence-electron chi connectivity index (χ2n) is 6.56. The van der Waals surface area contributed by atoms with Crippen LogP contribution in [0.4, 0.5) is 4.39 Å². The quantitative estimate of drug-likeness (QED) is 0.834. The molecule has 1 aromatic rings. The van der Waals surface area contributed by atoms with Gasteiger partial charge in [0.2, 0.25) is 5.91 Å². The van der Waals surface area contributed by atoms with E-state index in [1.807, 2.05) is 17.0 Å². The van der Waals surface area contributed by atoms with Gasteiger partial charge in [0.25, 0.3) is 0 Å². The van der Waals surface area contributed by atoms with Crippen molar-refractivity contribution in [3.63, 3.8) is 0 Å². The van der Waals surface area contributed by atoms with Gasteiger partial charge in [0.05, 0.1) is 6.54 Å². The van der Waals surface area contributed by atoms with E-state index < -0.39 is 0 Å². The smallest absolute Gasteiger partial charge is 0.236 e. The van der Waals surface area contributed by atoms with Crippen LogP contribution in [-0.4, -0.2) is 41.4 Å². The van der Waals surface area contributed by atoms with E-state index in [0.717, 1.165) is 38.0 Å². The minimum absolute atomic E-state index is 0.206. The average Bonchev–Trinajstić information content (AvgIpc) is 3.35. The first-order chi connectivity index (χ1) is 10.7. The number of amides is 1. The van der Waals surface area contributed by atoms with E-state index >= 15 is 0 Å². The van der Waals surface area contributed by atoms with Crippen LogP contribution in [0.3, 0.4) is 0 Å². The standard InChI is InChI=1S/C18H25FN2O/c19-16-7-5-15(6-8-16)13-21(17-9-10-17)14-18(22)20-11-3-1-2-4-12-20/h5-8,17H,1-4,9-14H2. The number of carbonyl (C=O) groups is 1. The third kappa shape index (κ3) is 4.29. The van der Waals surface area contributed by atoms with E-state index in [9.17, 15) is 9.18 Å². The van der Waals surface area contributed by atoms with Crippen LogP contribution in [0.2, 0.25) is 0 Å². The molecule has 3 nitrogen and oxygen atoms in total. The average molecular weight is 304 g/mol. The molecule has 4 heteroatoms. The van der Waals surface area contributed by atoms with Crippen LogP contribution in [0.1, 0.15) is 44.1 Å². The van der Waals surface area contributed by atoms with Gasteiger partial charge in [-0.05, 0) is 43.4 Å². The lowest BCUT2D eigenvalue weighted by Gasteiger charge is -2.26. The van der Waals surface area contributed by atoms with Gasteiger partial charge in [-0.1, -0.05) is 25.0 Å². The number of rotatable bonds is 5. The SMILES string of the molecule is O=C(CN(Cc1ccc(F)cc1)C1CC1)N1CCCCCC1. The molecule has 0 aromatic heterocycles. The summed E-state index contributed by atoms with van der Waals surface area (Å²) in [5.41, 5.74) is 1.08. The monoisotopic (exact) mass is 304 g/mol. The third-order valence-electron chi connectivity index (χ3n) is 4.66. The molecule has 0 spiro atoms. The Balaban J connectivity index is 1.59. The van der Waals surface area contributed by atoms with Crippen LogP contribution < -0.4 is 0 Å². The molecule has 0 N–H and O–H groups in total. The lowest BCUT2D eigenvalue weighted by atomic mass is 10.2. The highest BCUT2D eigenvalue weighted by molar-refractivity contribution is 5.78. The van der Waals surface area contributed by atoms with Gasteiger partial charge in [-0.2, -0.15) is 0 Å². The molecule has 1 saturated carbocycles. The van der Waals surface area contributed by atoms with Crippen LogP contribution in [0, 0.1) is 5.82 Å². The molecule has 1 amide bonds. The first kappa shape index (κ1) is 15.5. The van der Waals surface area contributed by atoms with Crippen LogP contribution in [0.15, 0.2) is 24.3 Å². The number of hydrogen-bond donors (Lipinski definition) is 0. The maximum absolute atomic E-state index is 13.0. The molecule has 1 saturated heterocycles. The van der Waals surface area contributed by atoms with Crippen LogP contribution in [0.5, 0.6) is 0 Å². The normalized spacial score (nSPS) is 19.3. The summed E-state index contributed by atoms with van der Waals surface area (Å²) in [7, 11) is 0. The van der Waals surface area contributed by atoms with Gasteiger partial charge in [-0.25, -0.2) is 4.39 Å². The molecule has 2 fully saturated rings. The van der Waals surface area contributed by atoms with E-state index in [4.69, 9.17) is 0 Å². The molecule has 1 aromatic carbocycles. The summed E-state index contributed by atoms with van der Waals surface area (Å²) in [5, 5.41) is 0. The van der Waals surface area contributed by atoms with Gasteiger partial charge in [-0.3, -0.25) is 9.69 Å². The fourth-order valence-electron chi connectivity index (χ4n) is 3.17. The summed E-state index contributed by atoms with van der Waals surface area (Å²) in [5.74, 6) is 0.0540. The van der Waals surface area contributed by atoms with Crippen molar-refractivity contribution >= 4 is 5.91 Å². The molecule has 2 aliphatic rings. The summed E-state index contributed by atoms with van der Waals surface area (Å²) >= 11 is 0. The molecule has 0 atom stereocenters. The van der Waals surface area contributed by atoms with Gasteiger partial charge < -0.3 is 4.90 Å². The van der Waals surface area contributed by atoms with E-state index in [1.54, 1.807) is 0 Å². The Morgan fingerprint density at radius 1 is 1.09 bits per heavy atom. The number of halogens is 1. The van der Waals surface area contributed by atoms with Crippen LogP contribution >= 0.6 is 0 Å². The topological polar surface area (TPSA) is 23.6 Å². The van der Waals surface area contributed by atoms with Crippen LogP contribution in [0.25, 0.3) is 0 Å². The Bertz CT molecular complexity index is 490. The number of benzene rings is 1. The Morgan fingerprint density at radius 2 is 1.73 bits per heavy atom. The highest BCUT2D eigenvalue weighted by atomic mass is 19.1. The molecule has 0 bridgehead atoms. The Morgan fingerprint density at radius 3 is 2.32 bits per heavy atom. The molecule has 120 valence electrons. The number of hydrogen-bond acceptors (Lipinski definition) is 2. The van der Waals surface area contributed by atoms with Gasteiger partial charge in [0.1, 0.15) is 5.82 Å². The molecule has 1 aliphatic carbocycles. The molecule has 0 radical (unpaired) electrons. The minimum Gasteiger partial charge on any atom is -0.342 e. The second-order valence-corrected chi connectivity index (χ2v) is 6.56. The van der Waals surface area contributed by atoms with E-state index in [-0.39, 0.29) is 11.7 Å². The maximum atomic E-state index is 13.0. The first-order valence-electron chi connectivity index (χ1n) is 8.48. The van der Waals surface area contributed by atoms with E-state index in [2.05, 4.69) is 4.90 Å². The number of nitrogens with zero attached hydrogens (tertiary/aromatic N) is 2. The van der Waals surface area contributed by atoms with Crippen molar-refractivity contribution in [2.24, 2.45) is 0 Å². The predicted octanol–water partition coefficient (Wildman–Crippen LogP) is 3.19. The molecule has 1 heterocycles. The molecular weight excluding hydrogens is 279 g/mol. The molecule has 22 heavy (non-hydrogen) atoms. The predicted molar refractivity (Wildman–Crippen MR) is 84.9 cm³/mol. The molecule has 3 rings (SSSR count). The van der Waals surface area contributed by atoms with Crippen molar-refractivity contribution in [3.8, 4) is 0 Å². The van der Waals surface area contributed by atoms with Crippen LogP contribution in [-0.2, 0) is 11.3 Å². The number of carbonyl (C=O) groups excluding carboxylic acids is 1. The Kier molecular flexibility index (Phi) is 5.08. The van der Waals surface area contributed by atoms with Crippen molar-refractivity contribution < 1.29 is 9.18 Å². The third-order valence-corrected chi connectivity index (χ3v) is 4.66. The maximum Gasteiger partial charge on any atom is 0.236 e. The second kappa shape index (κ2) is 7.23. The van der Waals surface area contributed by atoms with Crippen molar-refractivity contribution in [2.45, 2.75) is 51.1 Å². The summed E-state index contributed by atoms with van der Waals surface area (Å²) < 4.78 is 13.0. The van der Waals surface area contributed by atoms with Gasteiger partial charge in [-0.15, -0.1) is 0 Å². The summed E-state index contributed by atoms with van der Waals surface area (Å²) in [6, 6.07) is 7.16. The van der Waals surface area contributed by atoms with Crippen molar-refractivity contribution in [1.29, 1.82) is 0 Å². The Labute approximate surface area is 132 Å². The summed E-state index contributed by atoms with van der Waals surface area (Å²) in [6.07, 6.45) is 7.10.